The van der Waals surface area contributed by atoms with E-state index in [1.165, 1.54) is 10.8 Å². The van der Waals surface area contributed by atoms with Crippen molar-refractivity contribution < 1.29 is 19.4 Å². The van der Waals surface area contributed by atoms with E-state index in [0.29, 0.717) is 13.0 Å². The minimum Gasteiger partial charge on any atom is -0.503 e. The molecule has 0 bridgehead atoms. The molecule has 0 saturated carbocycles. The van der Waals surface area contributed by atoms with Crippen LogP contribution in [0.15, 0.2) is 41.3 Å². The Morgan fingerprint density at radius 1 is 1.32 bits per heavy atom. The van der Waals surface area contributed by atoms with E-state index in [4.69, 9.17) is 4.74 Å². The van der Waals surface area contributed by atoms with Gasteiger partial charge >= 0.3 is 0 Å². The molecule has 0 spiro atoms. The highest BCUT2D eigenvalue weighted by Gasteiger charge is 2.41. The molecule has 0 unspecified atom stereocenters. The topological polar surface area (TPSA) is 117 Å². The molecule has 5 rings (SSSR count). The van der Waals surface area contributed by atoms with Gasteiger partial charge in [0.1, 0.15) is 5.56 Å². The van der Waals surface area contributed by atoms with Crippen LogP contribution in [0.4, 0.5) is 0 Å². The first-order valence-corrected chi connectivity index (χ1v) is 10.2. The Morgan fingerprint density at radius 2 is 2.13 bits per heavy atom. The van der Waals surface area contributed by atoms with Gasteiger partial charge in [0.2, 0.25) is 5.43 Å². The summed E-state index contributed by atoms with van der Waals surface area (Å²) in [7, 11) is 0. The molecule has 1 aromatic carbocycles. The number of nitrogens with one attached hydrogen (secondary N) is 2. The molecule has 2 aliphatic heterocycles. The molecular weight excluding hydrogens is 400 g/mol. The number of para-hydroxylation sites is 1. The normalized spacial score (nSPS) is 20.4. The first kappa shape index (κ1) is 19.4. The standard InChI is InChI=1S/C22H22N4O5/c1-12-6-7-31-17-11-25-10-15(19(27)20(28)18(25)22(30)26(12)17)21(29)23-9-14-8-13-4-2-3-5-16(13)24-14/h2-5,8,10,12,17,24,28H,6-7,9,11H2,1H3,(H,23,29)/t12-,17+/m1/s1. The zero-order chi connectivity index (χ0) is 21.7. The summed E-state index contributed by atoms with van der Waals surface area (Å²) >= 11 is 0. The van der Waals surface area contributed by atoms with Crippen LogP contribution in [0.2, 0.25) is 0 Å². The molecular formula is C22H22N4O5. The highest BCUT2D eigenvalue weighted by Crippen LogP contribution is 2.29. The fourth-order valence-electron chi connectivity index (χ4n) is 4.32. The zero-order valence-electron chi connectivity index (χ0n) is 16.9. The van der Waals surface area contributed by atoms with Crippen LogP contribution in [0.25, 0.3) is 10.9 Å². The highest BCUT2D eigenvalue weighted by atomic mass is 16.5. The highest BCUT2D eigenvalue weighted by molar-refractivity contribution is 5.99. The smallest absolute Gasteiger partial charge is 0.276 e. The van der Waals surface area contributed by atoms with Gasteiger partial charge in [-0.05, 0) is 30.9 Å². The van der Waals surface area contributed by atoms with E-state index in [0.717, 1.165) is 16.6 Å². The van der Waals surface area contributed by atoms with E-state index in [2.05, 4.69) is 10.3 Å². The van der Waals surface area contributed by atoms with Gasteiger partial charge in [-0.2, -0.15) is 0 Å². The molecule has 2 amide bonds. The van der Waals surface area contributed by atoms with Crippen LogP contribution >= 0.6 is 0 Å². The van der Waals surface area contributed by atoms with Gasteiger partial charge < -0.3 is 29.6 Å². The molecule has 2 atom stereocenters. The monoisotopic (exact) mass is 422 g/mol. The fourth-order valence-corrected chi connectivity index (χ4v) is 4.32. The molecule has 9 nitrogen and oxygen atoms in total. The molecule has 3 N–H and O–H groups in total. The number of hydrogen-bond acceptors (Lipinski definition) is 5. The zero-order valence-corrected chi connectivity index (χ0v) is 16.9. The lowest BCUT2D eigenvalue weighted by Gasteiger charge is -2.44. The summed E-state index contributed by atoms with van der Waals surface area (Å²) in [6, 6.07) is 9.59. The number of carbonyl (C=O) groups excluding carboxylic acids is 2. The Bertz CT molecular complexity index is 1230. The molecule has 1 fully saturated rings. The van der Waals surface area contributed by atoms with Gasteiger partial charge in [-0.3, -0.25) is 14.4 Å². The second-order valence-corrected chi connectivity index (χ2v) is 7.96. The third kappa shape index (κ3) is 3.17. The van der Waals surface area contributed by atoms with Crippen LogP contribution in [-0.4, -0.2) is 50.2 Å². The van der Waals surface area contributed by atoms with Gasteiger partial charge in [-0.15, -0.1) is 0 Å². The summed E-state index contributed by atoms with van der Waals surface area (Å²) < 4.78 is 7.14. The number of pyridine rings is 1. The van der Waals surface area contributed by atoms with Crippen molar-refractivity contribution in [2.75, 3.05) is 6.61 Å². The van der Waals surface area contributed by atoms with E-state index in [9.17, 15) is 19.5 Å². The van der Waals surface area contributed by atoms with Crippen molar-refractivity contribution >= 4 is 22.7 Å². The number of aromatic hydroxyl groups is 1. The van der Waals surface area contributed by atoms with Gasteiger partial charge in [-0.1, -0.05) is 18.2 Å². The van der Waals surface area contributed by atoms with Gasteiger partial charge in [0.15, 0.2) is 17.7 Å². The first-order valence-electron chi connectivity index (χ1n) is 10.2. The SMILES string of the molecule is C[C@@H]1CCO[C@H]2Cn3cc(C(=O)NCc4cc5ccccc5[nH]4)c(=O)c(O)c3C(=O)N12. The van der Waals surface area contributed by atoms with E-state index in [1.54, 1.807) is 4.90 Å². The van der Waals surface area contributed by atoms with E-state index in [1.807, 2.05) is 37.3 Å². The maximum absolute atomic E-state index is 12.9. The van der Waals surface area contributed by atoms with Crippen LogP contribution in [0.5, 0.6) is 5.75 Å². The predicted octanol–water partition coefficient (Wildman–Crippen LogP) is 1.56. The number of aromatic nitrogens is 2. The van der Waals surface area contributed by atoms with Gasteiger partial charge in [0.25, 0.3) is 11.8 Å². The van der Waals surface area contributed by atoms with E-state index >= 15 is 0 Å². The Balaban J connectivity index is 1.42. The molecule has 160 valence electrons. The van der Waals surface area contributed by atoms with Crippen LogP contribution in [0.3, 0.4) is 0 Å². The summed E-state index contributed by atoms with van der Waals surface area (Å²) in [4.78, 5) is 43.1. The number of rotatable bonds is 3. The van der Waals surface area contributed by atoms with Crippen LogP contribution in [0.1, 0.15) is 39.9 Å². The summed E-state index contributed by atoms with van der Waals surface area (Å²) in [5.41, 5.74) is 0.543. The molecule has 0 radical (unpaired) electrons. The molecule has 31 heavy (non-hydrogen) atoms. The first-order chi connectivity index (χ1) is 14.9. The fraction of sp³-hybridized carbons (Fsp3) is 0.318. The molecule has 2 aliphatic rings. The van der Waals surface area contributed by atoms with Crippen LogP contribution in [-0.2, 0) is 17.8 Å². The number of amides is 2. The molecule has 9 heteroatoms. The number of nitrogens with zero attached hydrogens (tertiary/aromatic N) is 2. The van der Waals surface area contributed by atoms with Gasteiger partial charge in [-0.25, -0.2) is 0 Å². The maximum atomic E-state index is 12.9. The second-order valence-electron chi connectivity index (χ2n) is 7.96. The van der Waals surface area contributed by atoms with Crippen molar-refractivity contribution in [1.29, 1.82) is 0 Å². The second kappa shape index (κ2) is 7.28. The van der Waals surface area contributed by atoms with Crippen molar-refractivity contribution in [2.24, 2.45) is 0 Å². The number of hydrogen-bond donors (Lipinski definition) is 3. The third-order valence-electron chi connectivity index (χ3n) is 5.95. The van der Waals surface area contributed by atoms with Crippen molar-refractivity contribution in [1.82, 2.24) is 19.8 Å². The van der Waals surface area contributed by atoms with Crippen LogP contribution < -0.4 is 10.7 Å². The molecule has 2 aromatic heterocycles. The summed E-state index contributed by atoms with van der Waals surface area (Å²) in [6.45, 7) is 2.85. The Kier molecular flexibility index (Phi) is 4.55. The molecule has 3 aromatic rings. The number of H-pyrrole nitrogens is 1. The average Bonchev–Trinajstić information content (AvgIpc) is 3.17. The Labute approximate surface area is 177 Å². The quantitative estimate of drug-likeness (QED) is 0.592. The summed E-state index contributed by atoms with van der Waals surface area (Å²) in [6.07, 6.45) is 1.52. The van der Waals surface area contributed by atoms with Gasteiger partial charge in [0, 0.05) is 23.4 Å². The number of carbonyl (C=O) groups is 2. The minimum atomic E-state index is -0.863. The predicted molar refractivity (Wildman–Crippen MR) is 112 cm³/mol. The lowest BCUT2D eigenvalue weighted by atomic mass is 10.1. The van der Waals surface area contributed by atoms with E-state index in [-0.39, 0.29) is 30.4 Å². The molecule has 4 heterocycles. The van der Waals surface area contributed by atoms with Crippen molar-refractivity contribution in [3.63, 3.8) is 0 Å². The van der Waals surface area contributed by atoms with Gasteiger partial charge in [0.05, 0.1) is 19.7 Å². The Hall–Kier alpha value is -3.59. The molecule has 1 saturated heterocycles. The summed E-state index contributed by atoms with van der Waals surface area (Å²) in [5.74, 6) is -1.80. The number of ether oxygens (including phenoxy) is 1. The van der Waals surface area contributed by atoms with Crippen LogP contribution in [0, 0.1) is 0 Å². The minimum absolute atomic E-state index is 0.0613. The largest absolute Gasteiger partial charge is 0.503 e. The number of aromatic amines is 1. The third-order valence-corrected chi connectivity index (χ3v) is 5.95. The van der Waals surface area contributed by atoms with Crippen molar-refractivity contribution in [3.05, 3.63) is 63.7 Å². The van der Waals surface area contributed by atoms with Crippen molar-refractivity contribution in [3.8, 4) is 5.75 Å². The van der Waals surface area contributed by atoms with Crippen molar-refractivity contribution in [2.45, 2.75) is 38.7 Å². The lowest BCUT2D eigenvalue weighted by Crippen LogP contribution is -2.57. The Morgan fingerprint density at radius 3 is 2.94 bits per heavy atom. The number of benzene rings is 1. The number of fused-ring (bicyclic) bond motifs is 3. The lowest BCUT2D eigenvalue weighted by molar-refractivity contribution is -0.112. The average molecular weight is 422 g/mol. The maximum Gasteiger partial charge on any atom is 0.276 e. The summed E-state index contributed by atoms with van der Waals surface area (Å²) in [5, 5.41) is 14.2. The molecule has 0 aliphatic carbocycles. The van der Waals surface area contributed by atoms with E-state index < -0.39 is 29.2 Å².